The maximum Gasteiger partial charge on any atom is 0.416 e. The summed E-state index contributed by atoms with van der Waals surface area (Å²) in [7, 11) is 2.72. The number of amides is 1. The van der Waals surface area contributed by atoms with Crippen molar-refractivity contribution in [1.29, 1.82) is 0 Å². The van der Waals surface area contributed by atoms with Crippen LogP contribution in [-0.2, 0) is 15.7 Å². The van der Waals surface area contributed by atoms with Gasteiger partial charge in [-0.05, 0) is 43.2 Å². The van der Waals surface area contributed by atoms with Crippen LogP contribution in [0.25, 0.3) is 22.3 Å². The molecule has 1 aliphatic rings. The van der Waals surface area contributed by atoms with Gasteiger partial charge in [-0.2, -0.15) is 18.3 Å². The molecule has 1 saturated heterocycles. The highest BCUT2D eigenvalue weighted by molar-refractivity contribution is 6.06. The summed E-state index contributed by atoms with van der Waals surface area (Å²) in [6.45, 7) is 1.51. The van der Waals surface area contributed by atoms with Gasteiger partial charge in [-0.3, -0.25) is 14.5 Å². The average molecular weight is 602 g/mol. The molecular weight excluding hydrogens is 574 g/mol. The molecule has 5 rings (SSSR count). The predicted molar refractivity (Wildman–Crippen MR) is 148 cm³/mol. The smallest absolute Gasteiger partial charge is 0.416 e. The molecule has 1 fully saturated rings. The summed E-state index contributed by atoms with van der Waals surface area (Å²) < 4.78 is 65.1. The number of aromatic nitrogens is 4. The van der Waals surface area contributed by atoms with E-state index in [2.05, 4.69) is 15.3 Å². The number of nitrogens with one attached hydrogen (secondary N) is 1. The lowest BCUT2D eigenvalue weighted by Gasteiger charge is -2.31. The van der Waals surface area contributed by atoms with E-state index in [-0.39, 0.29) is 41.9 Å². The maximum absolute atomic E-state index is 14.4. The van der Waals surface area contributed by atoms with Crippen LogP contribution < -0.4 is 15.8 Å². The van der Waals surface area contributed by atoms with Gasteiger partial charge in [0.05, 0.1) is 49.0 Å². The number of fused-ring (bicyclic) bond motifs is 1. The molecule has 0 radical (unpaired) electrons. The molecule has 3 N–H and O–H groups in total. The first-order chi connectivity index (χ1) is 20.5. The minimum absolute atomic E-state index is 0.0291. The Balaban J connectivity index is 1.43. The van der Waals surface area contributed by atoms with E-state index in [0.717, 1.165) is 6.07 Å². The summed E-state index contributed by atoms with van der Waals surface area (Å²) in [5, 5.41) is 7.84. The minimum Gasteiger partial charge on any atom is -0.495 e. The first kappa shape index (κ1) is 29.7. The SMILES string of the molecule is COC(=O)CN1CCC(n2nc(-c3ccc(NC(=O)c4ccc(C(F)(F)F)cc4F)c(OC)c3)c3c(N)ncnc32)CC1. The second-order valence-electron chi connectivity index (χ2n) is 9.90. The number of carbonyl (C=O) groups excluding carboxylic acids is 2. The Morgan fingerprint density at radius 1 is 1.09 bits per heavy atom. The van der Waals surface area contributed by atoms with E-state index < -0.39 is 29.0 Å². The van der Waals surface area contributed by atoms with Crippen LogP contribution in [0.4, 0.5) is 29.1 Å². The number of benzene rings is 2. The van der Waals surface area contributed by atoms with Crippen molar-refractivity contribution in [3.63, 3.8) is 0 Å². The van der Waals surface area contributed by atoms with Crippen molar-refractivity contribution in [2.24, 2.45) is 0 Å². The molecule has 4 aromatic rings. The van der Waals surface area contributed by atoms with Crippen molar-refractivity contribution >= 4 is 34.4 Å². The second kappa shape index (κ2) is 11.8. The fourth-order valence-electron chi connectivity index (χ4n) is 5.03. The topological polar surface area (TPSA) is 137 Å². The number of piperidine rings is 1. The van der Waals surface area contributed by atoms with Crippen molar-refractivity contribution in [2.75, 3.05) is 44.9 Å². The van der Waals surface area contributed by atoms with Gasteiger partial charge in [-0.1, -0.05) is 6.07 Å². The maximum atomic E-state index is 14.4. The third kappa shape index (κ3) is 6.07. The number of ether oxygens (including phenoxy) is 2. The second-order valence-corrected chi connectivity index (χ2v) is 9.90. The van der Waals surface area contributed by atoms with Crippen molar-refractivity contribution in [1.82, 2.24) is 24.6 Å². The summed E-state index contributed by atoms with van der Waals surface area (Å²) in [6, 6.07) is 6.38. The highest BCUT2D eigenvalue weighted by Gasteiger charge is 2.32. The zero-order valence-electron chi connectivity index (χ0n) is 23.1. The van der Waals surface area contributed by atoms with Gasteiger partial charge in [0.2, 0.25) is 0 Å². The van der Waals surface area contributed by atoms with Crippen LogP contribution in [0.3, 0.4) is 0 Å². The largest absolute Gasteiger partial charge is 0.495 e. The summed E-state index contributed by atoms with van der Waals surface area (Å²) in [5.74, 6) is -2.17. The van der Waals surface area contributed by atoms with Gasteiger partial charge in [0.15, 0.2) is 5.65 Å². The minimum atomic E-state index is -4.75. The number of nitrogens with two attached hydrogens (primary N) is 1. The van der Waals surface area contributed by atoms with Gasteiger partial charge in [-0.15, -0.1) is 0 Å². The van der Waals surface area contributed by atoms with Gasteiger partial charge in [0.1, 0.15) is 29.4 Å². The van der Waals surface area contributed by atoms with Gasteiger partial charge < -0.3 is 20.5 Å². The first-order valence-electron chi connectivity index (χ1n) is 13.1. The zero-order chi connectivity index (χ0) is 30.9. The van der Waals surface area contributed by atoms with Crippen LogP contribution in [0.5, 0.6) is 5.75 Å². The monoisotopic (exact) mass is 601 g/mol. The number of alkyl halides is 3. The molecule has 1 aliphatic heterocycles. The highest BCUT2D eigenvalue weighted by Crippen LogP contribution is 2.37. The Hall–Kier alpha value is -4.79. The summed E-state index contributed by atoms with van der Waals surface area (Å²) >= 11 is 0. The Labute approximate surface area is 242 Å². The summed E-state index contributed by atoms with van der Waals surface area (Å²) in [6.07, 6.45) is -1.99. The molecule has 1 amide bonds. The molecule has 226 valence electrons. The van der Waals surface area contributed by atoms with E-state index >= 15 is 0 Å². The summed E-state index contributed by atoms with van der Waals surface area (Å²) in [4.78, 5) is 35.0. The normalized spacial score (nSPS) is 14.6. The molecule has 0 unspecified atom stereocenters. The lowest BCUT2D eigenvalue weighted by atomic mass is 10.1. The molecule has 43 heavy (non-hydrogen) atoms. The van der Waals surface area contributed by atoms with E-state index in [1.165, 1.54) is 26.6 Å². The molecule has 2 aromatic carbocycles. The zero-order valence-corrected chi connectivity index (χ0v) is 23.1. The third-order valence-electron chi connectivity index (χ3n) is 7.27. The number of methoxy groups -OCH3 is 2. The fourth-order valence-corrected chi connectivity index (χ4v) is 5.03. The number of nitrogens with zero attached hydrogens (tertiary/aromatic N) is 5. The molecular formula is C28H27F4N7O4. The van der Waals surface area contributed by atoms with Crippen molar-refractivity contribution in [3.05, 3.63) is 59.7 Å². The Bertz CT molecular complexity index is 1680. The molecule has 15 heteroatoms. The van der Waals surface area contributed by atoms with Gasteiger partial charge in [0.25, 0.3) is 5.91 Å². The van der Waals surface area contributed by atoms with E-state index in [1.807, 2.05) is 4.90 Å². The van der Waals surface area contributed by atoms with Crippen LogP contribution in [0.1, 0.15) is 34.8 Å². The predicted octanol–water partition coefficient (Wildman–Crippen LogP) is 4.30. The molecule has 11 nitrogen and oxygen atoms in total. The van der Waals surface area contributed by atoms with Crippen LogP contribution in [-0.4, -0.2) is 70.4 Å². The fraction of sp³-hybridized carbons (Fsp3) is 0.321. The summed E-state index contributed by atoms with van der Waals surface area (Å²) in [5.41, 5.74) is 6.20. The lowest BCUT2D eigenvalue weighted by Crippen LogP contribution is -2.38. The van der Waals surface area contributed by atoms with Crippen molar-refractivity contribution in [2.45, 2.75) is 25.1 Å². The highest BCUT2D eigenvalue weighted by atomic mass is 19.4. The van der Waals surface area contributed by atoms with E-state index in [1.54, 1.807) is 16.8 Å². The number of halogens is 4. The molecule has 0 bridgehead atoms. The van der Waals surface area contributed by atoms with Crippen molar-refractivity contribution < 1.29 is 36.6 Å². The Morgan fingerprint density at radius 3 is 2.49 bits per heavy atom. The van der Waals surface area contributed by atoms with E-state index in [4.69, 9.17) is 20.3 Å². The number of hydrogen-bond acceptors (Lipinski definition) is 9. The molecule has 2 aromatic heterocycles. The molecule has 0 spiro atoms. The van der Waals surface area contributed by atoms with E-state index in [0.29, 0.717) is 54.3 Å². The van der Waals surface area contributed by atoms with Gasteiger partial charge >= 0.3 is 12.1 Å². The average Bonchev–Trinajstić information content (AvgIpc) is 3.38. The van der Waals surface area contributed by atoms with Gasteiger partial charge in [-0.25, -0.2) is 19.0 Å². The van der Waals surface area contributed by atoms with Crippen LogP contribution in [0, 0.1) is 5.82 Å². The third-order valence-corrected chi connectivity index (χ3v) is 7.27. The van der Waals surface area contributed by atoms with Gasteiger partial charge in [0, 0.05) is 18.7 Å². The van der Waals surface area contributed by atoms with Crippen molar-refractivity contribution in [3.8, 4) is 17.0 Å². The standard InChI is InChI=1S/C28H27F4N7O4/c1-42-21-11-15(3-6-20(21)36-27(41)18-5-4-16(12-19(18)29)28(30,31)32)24-23-25(33)34-14-35-26(23)39(37-24)17-7-9-38(10-8-17)13-22(40)43-2/h3-6,11-12,14,17H,7-10,13H2,1-2H3,(H,36,41)(H2,33,34,35). The van der Waals surface area contributed by atoms with Crippen LogP contribution >= 0.6 is 0 Å². The molecule has 0 atom stereocenters. The van der Waals surface area contributed by atoms with Crippen LogP contribution in [0.15, 0.2) is 42.7 Å². The van der Waals surface area contributed by atoms with Crippen LogP contribution in [0.2, 0.25) is 0 Å². The number of rotatable bonds is 7. The number of anilines is 2. The molecule has 0 aliphatic carbocycles. The Morgan fingerprint density at radius 2 is 1.84 bits per heavy atom. The Kier molecular flexibility index (Phi) is 8.17. The molecule has 0 saturated carbocycles. The number of hydrogen-bond donors (Lipinski definition) is 2. The number of likely N-dealkylation sites (tertiary alicyclic amines) is 1. The first-order valence-corrected chi connectivity index (χ1v) is 13.1. The quantitative estimate of drug-likeness (QED) is 0.235. The lowest BCUT2D eigenvalue weighted by molar-refractivity contribution is -0.142. The molecule has 3 heterocycles. The van der Waals surface area contributed by atoms with E-state index in [9.17, 15) is 27.2 Å². The number of esters is 1. The number of nitrogen functional groups attached to an aromatic ring is 1. The number of carbonyl (C=O) groups is 2.